The lowest BCUT2D eigenvalue weighted by Gasteiger charge is -2.09. The summed E-state index contributed by atoms with van der Waals surface area (Å²) >= 11 is 0. The normalized spacial score (nSPS) is 10.0. The maximum atomic E-state index is 11.8. The van der Waals surface area contributed by atoms with Gasteiger partial charge in [0.15, 0.2) is 0 Å². The second-order valence-electron chi connectivity index (χ2n) is 3.82. The van der Waals surface area contributed by atoms with Crippen molar-refractivity contribution in [3.8, 4) is 0 Å². The molecule has 86 valence electrons. The molecule has 0 spiro atoms. The van der Waals surface area contributed by atoms with E-state index in [2.05, 4.69) is 0 Å². The van der Waals surface area contributed by atoms with Crippen LogP contribution in [0.5, 0.6) is 0 Å². The van der Waals surface area contributed by atoms with Crippen molar-refractivity contribution >= 4 is 11.8 Å². The van der Waals surface area contributed by atoms with Gasteiger partial charge in [-0.25, -0.2) is 4.79 Å². The highest BCUT2D eigenvalue weighted by Crippen LogP contribution is 2.17. The molecule has 1 aromatic rings. The Labute approximate surface area is 95.4 Å². The third-order valence-corrected chi connectivity index (χ3v) is 2.36. The number of hydrogen-bond acceptors (Lipinski definition) is 3. The van der Waals surface area contributed by atoms with Gasteiger partial charge in [-0.2, -0.15) is 0 Å². The molecule has 0 atom stereocenters. The minimum atomic E-state index is -0.780. The lowest BCUT2D eigenvalue weighted by atomic mass is 9.97. The van der Waals surface area contributed by atoms with Crippen LogP contribution in [-0.2, 0) is 9.53 Å². The molecule has 0 aliphatic heterocycles. The Morgan fingerprint density at radius 1 is 1.12 bits per heavy atom. The van der Waals surface area contributed by atoms with Gasteiger partial charge in [0.05, 0.1) is 6.61 Å². The number of aryl methyl sites for hydroxylation is 3. The summed E-state index contributed by atoms with van der Waals surface area (Å²) in [5.41, 5.74) is 3.17. The van der Waals surface area contributed by atoms with Crippen LogP contribution in [0.4, 0.5) is 0 Å². The minimum absolute atomic E-state index is 0.217. The van der Waals surface area contributed by atoms with Crippen molar-refractivity contribution in [2.24, 2.45) is 0 Å². The number of Topliss-reactive ketones (excluding diaryl/α,β-unsaturated/α-hetero) is 1. The van der Waals surface area contributed by atoms with E-state index in [0.29, 0.717) is 5.56 Å². The number of esters is 1. The first-order chi connectivity index (χ1) is 7.47. The van der Waals surface area contributed by atoms with Crippen LogP contribution >= 0.6 is 0 Å². The monoisotopic (exact) mass is 220 g/mol. The van der Waals surface area contributed by atoms with Gasteiger partial charge in [0.2, 0.25) is 0 Å². The van der Waals surface area contributed by atoms with Gasteiger partial charge in [0.1, 0.15) is 0 Å². The number of ether oxygens (including phenoxy) is 1. The number of carbonyl (C=O) groups is 2. The predicted octanol–water partition coefficient (Wildman–Crippen LogP) is 2.36. The fraction of sp³-hybridized carbons (Fsp3) is 0.385. The topological polar surface area (TPSA) is 43.4 Å². The van der Waals surface area contributed by atoms with Crippen molar-refractivity contribution in [1.29, 1.82) is 0 Å². The van der Waals surface area contributed by atoms with Crippen molar-refractivity contribution in [3.63, 3.8) is 0 Å². The zero-order valence-electron chi connectivity index (χ0n) is 10.1. The Bertz CT molecular complexity index is 410. The van der Waals surface area contributed by atoms with Crippen LogP contribution in [0.3, 0.4) is 0 Å². The quantitative estimate of drug-likeness (QED) is 0.446. The molecule has 0 saturated carbocycles. The van der Waals surface area contributed by atoms with E-state index in [4.69, 9.17) is 4.74 Å². The van der Waals surface area contributed by atoms with E-state index in [-0.39, 0.29) is 6.61 Å². The van der Waals surface area contributed by atoms with Gasteiger partial charge in [-0.1, -0.05) is 17.7 Å². The van der Waals surface area contributed by atoms with E-state index in [1.807, 2.05) is 32.9 Å². The molecule has 0 heterocycles. The molecular formula is C13H16O3. The standard InChI is InChI=1S/C13H16O3/c1-5-16-13(15)12(14)11-9(3)6-8(2)7-10(11)4/h6-7H,5H2,1-4H3. The number of rotatable bonds is 3. The molecule has 0 amide bonds. The molecule has 0 unspecified atom stereocenters. The fourth-order valence-corrected chi connectivity index (χ4v) is 1.84. The molecule has 0 N–H and O–H groups in total. The van der Waals surface area contributed by atoms with Crippen LogP contribution in [0.2, 0.25) is 0 Å². The molecule has 0 saturated heterocycles. The Balaban J connectivity index is 3.14. The average molecular weight is 220 g/mol. The minimum Gasteiger partial charge on any atom is -0.460 e. The molecule has 16 heavy (non-hydrogen) atoms. The van der Waals surface area contributed by atoms with E-state index in [0.717, 1.165) is 16.7 Å². The van der Waals surface area contributed by atoms with E-state index in [1.54, 1.807) is 6.92 Å². The van der Waals surface area contributed by atoms with Crippen molar-refractivity contribution in [2.45, 2.75) is 27.7 Å². The molecule has 0 aromatic heterocycles. The van der Waals surface area contributed by atoms with E-state index < -0.39 is 11.8 Å². The van der Waals surface area contributed by atoms with Crippen LogP contribution in [0, 0.1) is 20.8 Å². The predicted molar refractivity (Wildman–Crippen MR) is 61.6 cm³/mol. The fourth-order valence-electron chi connectivity index (χ4n) is 1.84. The number of benzene rings is 1. The number of carbonyl (C=O) groups excluding carboxylic acids is 2. The third kappa shape index (κ3) is 2.48. The highest BCUT2D eigenvalue weighted by atomic mass is 16.5. The lowest BCUT2D eigenvalue weighted by Crippen LogP contribution is -2.19. The van der Waals surface area contributed by atoms with Gasteiger partial charge in [0, 0.05) is 5.56 Å². The largest absolute Gasteiger partial charge is 0.460 e. The second kappa shape index (κ2) is 4.92. The Hall–Kier alpha value is -1.64. The number of ketones is 1. The van der Waals surface area contributed by atoms with Crippen molar-refractivity contribution in [3.05, 3.63) is 34.4 Å². The van der Waals surface area contributed by atoms with Crippen molar-refractivity contribution < 1.29 is 14.3 Å². The van der Waals surface area contributed by atoms with Gasteiger partial charge in [-0.15, -0.1) is 0 Å². The summed E-state index contributed by atoms with van der Waals surface area (Å²) in [6, 6.07) is 3.78. The Morgan fingerprint density at radius 3 is 2.06 bits per heavy atom. The third-order valence-electron chi connectivity index (χ3n) is 2.36. The Morgan fingerprint density at radius 2 is 1.62 bits per heavy atom. The summed E-state index contributed by atoms with van der Waals surface area (Å²) in [7, 11) is 0. The summed E-state index contributed by atoms with van der Waals surface area (Å²) in [5.74, 6) is -1.34. The van der Waals surface area contributed by atoms with Gasteiger partial charge in [0.25, 0.3) is 5.78 Å². The van der Waals surface area contributed by atoms with Crippen molar-refractivity contribution in [2.75, 3.05) is 6.61 Å². The Kier molecular flexibility index (Phi) is 3.82. The van der Waals surface area contributed by atoms with Crippen LogP contribution in [-0.4, -0.2) is 18.4 Å². The molecule has 1 aromatic carbocycles. The average Bonchev–Trinajstić information content (AvgIpc) is 2.16. The molecule has 0 aliphatic rings. The second-order valence-corrected chi connectivity index (χ2v) is 3.82. The first kappa shape index (κ1) is 12.4. The number of hydrogen-bond donors (Lipinski definition) is 0. The smallest absolute Gasteiger partial charge is 0.379 e. The van der Waals surface area contributed by atoms with Gasteiger partial charge in [-0.3, -0.25) is 4.79 Å². The van der Waals surface area contributed by atoms with E-state index in [9.17, 15) is 9.59 Å². The highest BCUT2D eigenvalue weighted by Gasteiger charge is 2.21. The molecule has 3 heteroatoms. The van der Waals surface area contributed by atoms with Gasteiger partial charge >= 0.3 is 5.97 Å². The van der Waals surface area contributed by atoms with Gasteiger partial charge < -0.3 is 4.74 Å². The van der Waals surface area contributed by atoms with Crippen LogP contribution < -0.4 is 0 Å². The van der Waals surface area contributed by atoms with Crippen LogP contribution in [0.1, 0.15) is 34.0 Å². The van der Waals surface area contributed by atoms with Crippen LogP contribution in [0.25, 0.3) is 0 Å². The molecule has 0 radical (unpaired) electrons. The molecule has 0 fully saturated rings. The first-order valence-corrected chi connectivity index (χ1v) is 5.26. The van der Waals surface area contributed by atoms with Gasteiger partial charge in [-0.05, 0) is 38.8 Å². The SMILES string of the molecule is CCOC(=O)C(=O)c1c(C)cc(C)cc1C. The van der Waals surface area contributed by atoms with E-state index in [1.165, 1.54) is 0 Å². The zero-order chi connectivity index (χ0) is 12.3. The zero-order valence-corrected chi connectivity index (χ0v) is 10.1. The molecular weight excluding hydrogens is 204 g/mol. The maximum absolute atomic E-state index is 11.8. The summed E-state index contributed by atoms with van der Waals surface area (Å²) in [4.78, 5) is 23.2. The van der Waals surface area contributed by atoms with Crippen LogP contribution in [0.15, 0.2) is 12.1 Å². The van der Waals surface area contributed by atoms with Crippen molar-refractivity contribution in [1.82, 2.24) is 0 Å². The summed E-state index contributed by atoms with van der Waals surface area (Å²) in [5, 5.41) is 0. The molecule has 0 aliphatic carbocycles. The summed E-state index contributed by atoms with van der Waals surface area (Å²) < 4.78 is 4.71. The summed E-state index contributed by atoms with van der Waals surface area (Å²) in [6.07, 6.45) is 0. The molecule has 3 nitrogen and oxygen atoms in total. The molecule has 1 rings (SSSR count). The highest BCUT2D eigenvalue weighted by molar-refractivity contribution is 6.41. The first-order valence-electron chi connectivity index (χ1n) is 5.26. The maximum Gasteiger partial charge on any atom is 0.379 e. The summed E-state index contributed by atoms with van der Waals surface area (Å²) in [6.45, 7) is 7.51. The molecule has 0 bridgehead atoms. The van der Waals surface area contributed by atoms with E-state index >= 15 is 0 Å². The lowest BCUT2D eigenvalue weighted by molar-refractivity contribution is -0.137.